The lowest BCUT2D eigenvalue weighted by atomic mass is 9.99. The maximum atomic E-state index is 12.8. The van der Waals surface area contributed by atoms with Crippen LogP contribution < -0.4 is 0 Å². The average Bonchev–Trinajstić information content (AvgIpc) is 3.28. The fourth-order valence-electron chi connectivity index (χ4n) is 8.97. The number of ether oxygens (including phenoxy) is 3. The van der Waals surface area contributed by atoms with Crippen molar-refractivity contribution in [3.8, 4) is 0 Å². The van der Waals surface area contributed by atoms with Crippen LogP contribution in [0.3, 0.4) is 0 Å². The highest BCUT2D eigenvalue weighted by molar-refractivity contribution is 5.71. The standard InChI is InChI=1S/C59H114O6/c1-7-55(6)47-41-35-29-23-19-14-12-10-8-9-11-13-15-20-24-30-36-42-48-57(60)63-51-56(52-64-58(61)49-43-37-32-26-28-34-40-46-54(4)5)65-59(62)50-44-38-31-25-21-17-16-18-22-27-33-39-45-53(2)3/h53-56H,7-52H2,1-6H3/t55?,56-/m0/s1. The molecule has 6 nitrogen and oxygen atoms in total. The van der Waals surface area contributed by atoms with Crippen LogP contribution in [0.4, 0.5) is 0 Å². The Bertz CT molecular complexity index is 1010. The Balaban J connectivity index is 4.20. The van der Waals surface area contributed by atoms with Gasteiger partial charge in [-0.15, -0.1) is 0 Å². The summed E-state index contributed by atoms with van der Waals surface area (Å²) >= 11 is 0. The van der Waals surface area contributed by atoms with Crippen LogP contribution in [0.2, 0.25) is 0 Å². The van der Waals surface area contributed by atoms with Gasteiger partial charge in [-0.1, -0.05) is 286 Å². The molecule has 0 aromatic carbocycles. The lowest BCUT2D eigenvalue weighted by Gasteiger charge is -2.18. The smallest absolute Gasteiger partial charge is 0.306 e. The van der Waals surface area contributed by atoms with E-state index in [1.54, 1.807) is 0 Å². The van der Waals surface area contributed by atoms with Crippen LogP contribution in [0.1, 0.15) is 324 Å². The van der Waals surface area contributed by atoms with Crippen LogP contribution in [-0.4, -0.2) is 37.2 Å². The van der Waals surface area contributed by atoms with Crippen molar-refractivity contribution in [2.75, 3.05) is 13.2 Å². The Morgan fingerprint density at radius 1 is 0.308 bits per heavy atom. The molecule has 0 aliphatic carbocycles. The molecule has 0 radical (unpaired) electrons. The highest BCUT2D eigenvalue weighted by Crippen LogP contribution is 2.19. The second-order valence-electron chi connectivity index (χ2n) is 21.5. The van der Waals surface area contributed by atoms with Gasteiger partial charge >= 0.3 is 17.9 Å². The van der Waals surface area contributed by atoms with E-state index in [9.17, 15) is 14.4 Å². The number of esters is 3. The van der Waals surface area contributed by atoms with Gasteiger partial charge in [0.25, 0.3) is 0 Å². The zero-order chi connectivity index (χ0) is 47.7. The minimum Gasteiger partial charge on any atom is -0.462 e. The van der Waals surface area contributed by atoms with E-state index < -0.39 is 6.10 Å². The molecule has 0 spiro atoms. The molecule has 0 saturated carbocycles. The summed E-state index contributed by atoms with van der Waals surface area (Å²) in [4.78, 5) is 38.1. The summed E-state index contributed by atoms with van der Waals surface area (Å²) < 4.78 is 16.9. The monoisotopic (exact) mass is 919 g/mol. The van der Waals surface area contributed by atoms with Crippen molar-refractivity contribution in [2.45, 2.75) is 330 Å². The fourth-order valence-corrected chi connectivity index (χ4v) is 8.97. The number of rotatable bonds is 52. The van der Waals surface area contributed by atoms with Gasteiger partial charge in [0.2, 0.25) is 0 Å². The maximum Gasteiger partial charge on any atom is 0.306 e. The normalized spacial score (nSPS) is 12.6. The van der Waals surface area contributed by atoms with E-state index in [-0.39, 0.29) is 31.1 Å². The van der Waals surface area contributed by atoms with E-state index in [2.05, 4.69) is 41.5 Å². The molecule has 0 heterocycles. The molecule has 0 fully saturated rings. The van der Waals surface area contributed by atoms with Crippen molar-refractivity contribution in [1.29, 1.82) is 0 Å². The molecule has 6 heteroatoms. The summed E-state index contributed by atoms with van der Waals surface area (Å²) in [6, 6.07) is 0. The molecule has 1 unspecified atom stereocenters. The molecule has 0 amide bonds. The number of unbranched alkanes of at least 4 members (excludes halogenated alkanes) is 34. The van der Waals surface area contributed by atoms with Crippen molar-refractivity contribution in [3.05, 3.63) is 0 Å². The maximum absolute atomic E-state index is 12.8. The van der Waals surface area contributed by atoms with Crippen molar-refractivity contribution < 1.29 is 28.6 Å². The molecule has 0 aromatic rings. The van der Waals surface area contributed by atoms with Gasteiger partial charge in [0, 0.05) is 19.3 Å². The Morgan fingerprint density at radius 2 is 0.538 bits per heavy atom. The average molecular weight is 920 g/mol. The van der Waals surface area contributed by atoms with Gasteiger partial charge in [0.1, 0.15) is 13.2 Å². The van der Waals surface area contributed by atoms with E-state index in [1.807, 2.05) is 0 Å². The molecule has 0 saturated heterocycles. The third-order valence-electron chi connectivity index (χ3n) is 13.8. The molecule has 0 aliphatic heterocycles. The van der Waals surface area contributed by atoms with Crippen LogP contribution >= 0.6 is 0 Å². The van der Waals surface area contributed by atoms with E-state index in [0.29, 0.717) is 19.3 Å². The van der Waals surface area contributed by atoms with Crippen molar-refractivity contribution in [2.24, 2.45) is 17.8 Å². The van der Waals surface area contributed by atoms with Gasteiger partial charge in [-0.3, -0.25) is 14.4 Å². The SMILES string of the molecule is CCC(C)CCCCCCCCCCCCCCCCCCCCC(=O)OC[C@@H](COC(=O)CCCCCCCCCC(C)C)OC(=O)CCCCCCCCCCCCCCC(C)C. The Labute approximate surface area is 406 Å². The van der Waals surface area contributed by atoms with E-state index in [4.69, 9.17) is 14.2 Å². The van der Waals surface area contributed by atoms with Crippen LogP contribution in [0.15, 0.2) is 0 Å². The van der Waals surface area contributed by atoms with Gasteiger partial charge < -0.3 is 14.2 Å². The number of hydrogen-bond donors (Lipinski definition) is 0. The predicted octanol–water partition coefficient (Wildman–Crippen LogP) is 19.1. The molecular weight excluding hydrogens is 805 g/mol. The molecule has 2 atom stereocenters. The zero-order valence-electron chi connectivity index (χ0n) is 44.8. The van der Waals surface area contributed by atoms with Gasteiger partial charge in [0.05, 0.1) is 0 Å². The summed E-state index contributed by atoms with van der Waals surface area (Å²) in [5.74, 6) is 1.68. The molecular formula is C59H114O6. The second kappa shape index (κ2) is 50.3. The molecule has 0 rings (SSSR count). The lowest BCUT2D eigenvalue weighted by Crippen LogP contribution is -2.30. The molecule has 0 aliphatic rings. The first-order valence-corrected chi connectivity index (χ1v) is 29.1. The van der Waals surface area contributed by atoms with Crippen LogP contribution in [0, 0.1) is 17.8 Å². The highest BCUT2D eigenvalue weighted by atomic mass is 16.6. The summed E-state index contributed by atoms with van der Waals surface area (Å²) in [5.41, 5.74) is 0. The number of carbonyl (C=O) groups excluding carboxylic acids is 3. The first kappa shape index (κ1) is 63.4. The highest BCUT2D eigenvalue weighted by Gasteiger charge is 2.19. The quantitative estimate of drug-likeness (QED) is 0.0344. The van der Waals surface area contributed by atoms with E-state index in [1.165, 1.54) is 205 Å². The van der Waals surface area contributed by atoms with Gasteiger partial charge in [0.15, 0.2) is 6.10 Å². The summed E-state index contributed by atoms with van der Waals surface area (Å²) in [6.45, 7) is 13.8. The third kappa shape index (κ3) is 51.6. The second-order valence-corrected chi connectivity index (χ2v) is 21.5. The Kier molecular flexibility index (Phi) is 49.1. The first-order valence-electron chi connectivity index (χ1n) is 29.1. The van der Waals surface area contributed by atoms with E-state index in [0.717, 1.165) is 75.5 Å². The van der Waals surface area contributed by atoms with Crippen molar-refractivity contribution >= 4 is 17.9 Å². The van der Waals surface area contributed by atoms with Crippen molar-refractivity contribution in [3.63, 3.8) is 0 Å². The molecule has 65 heavy (non-hydrogen) atoms. The van der Waals surface area contributed by atoms with Crippen LogP contribution in [-0.2, 0) is 28.6 Å². The van der Waals surface area contributed by atoms with Gasteiger partial charge in [-0.25, -0.2) is 0 Å². The fraction of sp³-hybridized carbons (Fsp3) is 0.949. The van der Waals surface area contributed by atoms with Crippen molar-refractivity contribution in [1.82, 2.24) is 0 Å². The van der Waals surface area contributed by atoms with Gasteiger partial charge in [-0.05, 0) is 37.0 Å². The molecule has 386 valence electrons. The zero-order valence-corrected chi connectivity index (χ0v) is 44.8. The predicted molar refractivity (Wildman–Crippen MR) is 279 cm³/mol. The lowest BCUT2D eigenvalue weighted by molar-refractivity contribution is -0.167. The topological polar surface area (TPSA) is 78.9 Å². The first-order chi connectivity index (χ1) is 31.6. The largest absolute Gasteiger partial charge is 0.462 e. The molecule has 0 N–H and O–H groups in total. The summed E-state index contributed by atoms with van der Waals surface area (Å²) in [5, 5.41) is 0. The minimum atomic E-state index is -0.764. The summed E-state index contributed by atoms with van der Waals surface area (Å²) in [7, 11) is 0. The van der Waals surface area contributed by atoms with Gasteiger partial charge in [-0.2, -0.15) is 0 Å². The minimum absolute atomic E-state index is 0.0641. The number of hydrogen-bond acceptors (Lipinski definition) is 6. The Hall–Kier alpha value is -1.59. The van der Waals surface area contributed by atoms with Crippen LogP contribution in [0.5, 0.6) is 0 Å². The molecule has 0 bridgehead atoms. The van der Waals surface area contributed by atoms with Crippen LogP contribution in [0.25, 0.3) is 0 Å². The molecule has 0 aromatic heterocycles. The van der Waals surface area contributed by atoms with E-state index >= 15 is 0 Å². The Morgan fingerprint density at radius 3 is 0.800 bits per heavy atom. The third-order valence-corrected chi connectivity index (χ3v) is 13.8. The number of carbonyl (C=O) groups is 3. The summed E-state index contributed by atoms with van der Waals surface area (Å²) in [6.07, 6.45) is 52.5.